The zero-order valence-electron chi connectivity index (χ0n) is 12.7. The Hall–Kier alpha value is 0.934. The van der Waals surface area contributed by atoms with E-state index in [9.17, 15) is 13.0 Å². The van der Waals surface area contributed by atoms with Gasteiger partial charge in [0.15, 0.2) is 6.29 Å². The van der Waals surface area contributed by atoms with Crippen LogP contribution in [0.3, 0.4) is 0 Å². The zero-order chi connectivity index (χ0) is 14.6. The first-order valence-corrected chi connectivity index (χ1v) is 8.54. The SMILES string of the molecule is CCCCOC1O[C@H](CS(=O)(=O)[O-])[C@@H](C)[C@H](C)[C@H]1C.[Y]. The van der Waals surface area contributed by atoms with Crippen LogP contribution < -0.4 is 0 Å². The molecule has 1 fully saturated rings. The van der Waals surface area contributed by atoms with Gasteiger partial charge in [-0.1, -0.05) is 34.1 Å². The van der Waals surface area contributed by atoms with Gasteiger partial charge in [0.2, 0.25) is 0 Å². The molecule has 1 rings (SSSR count). The van der Waals surface area contributed by atoms with Crippen LogP contribution in [0.5, 0.6) is 0 Å². The first-order valence-electron chi connectivity index (χ1n) is 6.97. The molecule has 1 aliphatic rings. The van der Waals surface area contributed by atoms with E-state index < -0.39 is 28.3 Å². The first kappa shape index (κ1) is 20.9. The van der Waals surface area contributed by atoms with Gasteiger partial charge in [-0.05, 0) is 18.3 Å². The molecule has 1 radical (unpaired) electrons. The van der Waals surface area contributed by atoms with Crippen LogP contribution in [0.25, 0.3) is 0 Å². The molecule has 117 valence electrons. The quantitative estimate of drug-likeness (QED) is 0.519. The maximum atomic E-state index is 10.9. The van der Waals surface area contributed by atoms with Crippen LogP contribution in [-0.2, 0) is 52.3 Å². The predicted molar refractivity (Wildman–Crippen MR) is 71.6 cm³/mol. The van der Waals surface area contributed by atoms with E-state index in [0.717, 1.165) is 12.8 Å². The molecule has 5 nitrogen and oxygen atoms in total. The Labute approximate surface area is 147 Å². The minimum atomic E-state index is -4.28. The summed E-state index contributed by atoms with van der Waals surface area (Å²) in [6.45, 7) is 8.70. The number of unbranched alkanes of at least 4 members (excludes halogenated alkanes) is 1. The van der Waals surface area contributed by atoms with Crippen LogP contribution in [0, 0.1) is 17.8 Å². The minimum Gasteiger partial charge on any atom is -0.748 e. The van der Waals surface area contributed by atoms with Crippen molar-refractivity contribution in [1.82, 2.24) is 0 Å². The average molecular weight is 382 g/mol. The Balaban J connectivity index is 0.00000361. The summed E-state index contributed by atoms with van der Waals surface area (Å²) in [6.07, 6.45) is 0.997. The van der Waals surface area contributed by atoms with Crippen LogP contribution in [0.15, 0.2) is 0 Å². The Kier molecular flexibility index (Phi) is 9.59. The number of ether oxygens (including phenoxy) is 2. The maximum Gasteiger partial charge on any atom is 0.160 e. The van der Waals surface area contributed by atoms with Crippen LogP contribution in [0.1, 0.15) is 40.5 Å². The molecule has 1 aliphatic heterocycles. The second-order valence-corrected chi connectivity index (χ2v) is 7.02. The van der Waals surface area contributed by atoms with Crippen molar-refractivity contribution in [2.24, 2.45) is 17.8 Å². The Morgan fingerprint density at radius 1 is 1.15 bits per heavy atom. The van der Waals surface area contributed by atoms with Gasteiger partial charge in [-0.3, -0.25) is 0 Å². The van der Waals surface area contributed by atoms with Gasteiger partial charge < -0.3 is 14.0 Å². The van der Waals surface area contributed by atoms with E-state index in [4.69, 9.17) is 9.47 Å². The largest absolute Gasteiger partial charge is 0.748 e. The molecule has 0 spiro atoms. The van der Waals surface area contributed by atoms with Crippen molar-refractivity contribution in [3.63, 3.8) is 0 Å². The molecule has 0 saturated carbocycles. The van der Waals surface area contributed by atoms with Crippen LogP contribution in [-0.4, -0.2) is 37.7 Å². The number of hydrogen-bond acceptors (Lipinski definition) is 5. The number of rotatable bonds is 6. The summed E-state index contributed by atoms with van der Waals surface area (Å²) < 4.78 is 44.2. The van der Waals surface area contributed by atoms with Gasteiger partial charge in [0.05, 0.1) is 22.0 Å². The van der Waals surface area contributed by atoms with Gasteiger partial charge in [-0.15, -0.1) is 0 Å². The molecule has 20 heavy (non-hydrogen) atoms. The molecule has 0 aromatic rings. The second kappa shape index (κ2) is 9.16. The molecule has 1 heterocycles. The zero-order valence-corrected chi connectivity index (χ0v) is 16.4. The fourth-order valence-electron chi connectivity index (χ4n) is 2.41. The van der Waals surface area contributed by atoms with Gasteiger partial charge >= 0.3 is 0 Å². The Bertz CT molecular complexity index is 373. The summed E-state index contributed by atoms with van der Waals surface area (Å²) in [6, 6.07) is 0. The minimum absolute atomic E-state index is 0. The monoisotopic (exact) mass is 382 g/mol. The second-order valence-electron chi connectivity index (χ2n) is 5.57. The van der Waals surface area contributed by atoms with Crippen molar-refractivity contribution < 1.29 is 55.2 Å². The summed E-state index contributed by atoms with van der Waals surface area (Å²) >= 11 is 0. The van der Waals surface area contributed by atoms with Crippen molar-refractivity contribution >= 4 is 10.1 Å². The number of hydrogen-bond donors (Lipinski definition) is 0. The molecule has 0 aromatic carbocycles. The van der Waals surface area contributed by atoms with Gasteiger partial charge in [-0.25, -0.2) is 8.42 Å². The standard InChI is InChI=1S/C13H26O5S.Y/c1-5-6-7-17-13-11(4)9(2)10(3)12(18-13)8-19(14,15)16;/h9-13H,5-8H2,1-4H3,(H,14,15,16);/p-1/t9-,10-,11+,12+,13?;/m0./s1. The molecular weight excluding hydrogens is 357 g/mol. The normalized spacial score (nSPS) is 34.5. The van der Waals surface area contributed by atoms with Crippen molar-refractivity contribution in [2.75, 3.05) is 12.4 Å². The summed E-state index contributed by atoms with van der Waals surface area (Å²) in [5, 5.41) is 0. The van der Waals surface area contributed by atoms with Gasteiger partial charge in [-0.2, -0.15) is 0 Å². The third-order valence-electron chi connectivity index (χ3n) is 4.13. The Morgan fingerprint density at radius 3 is 2.25 bits per heavy atom. The summed E-state index contributed by atoms with van der Waals surface area (Å²) in [7, 11) is -4.28. The van der Waals surface area contributed by atoms with Crippen LogP contribution in [0.4, 0.5) is 0 Å². The van der Waals surface area contributed by atoms with Gasteiger partial charge in [0, 0.05) is 45.2 Å². The molecule has 7 heteroatoms. The average Bonchev–Trinajstić information content (AvgIpc) is 2.30. The van der Waals surface area contributed by atoms with Crippen molar-refractivity contribution in [3.05, 3.63) is 0 Å². The van der Waals surface area contributed by atoms with E-state index in [1.807, 2.05) is 13.8 Å². The van der Waals surface area contributed by atoms with Crippen molar-refractivity contribution in [3.8, 4) is 0 Å². The third kappa shape index (κ3) is 6.36. The van der Waals surface area contributed by atoms with Crippen molar-refractivity contribution in [1.29, 1.82) is 0 Å². The fraction of sp³-hybridized carbons (Fsp3) is 1.00. The molecule has 1 unspecified atom stereocenters. The molecule has 0 aliphatic carbocycles. The van der Waals surface area contributed by atoms with Gasteiger partial charge in [0.1, 0.15) is 0 Å². The Morgan fingerprint density at radius 2 is 1.75 bits per heavy atom. The summed E-state index contributed by atoms with van der Waals surface area (Å²) in [5.74, 6) is 0.00752. The van der Waals surface area contributed by atoms with E-state index in [1.165, 1.54) is 0 Å². The predicted octanol–water partition coefficient (Wildman–Crippen LogP) is 1.98. The smallest absolute Gasteiger partial charge is 0.160 e. The molecule has 1 saturated heterocycles. The molecular formula is C13H25O5SY-. The third-order valence-corrected chi connectivity index (χ3v) is 4.87. The molecule has 5 atom stereocenters. The van der Waals surface area contributed by atoms with E-state index in [1.54, 1.807) is 0 Å². The first-order chi connectivity index (χ1) is 8.76. The molecule has 0 amide bonds. The summed E-state index contributed by atoms with van der Waals surface area (Å²) in [4.78, 5) is 0. The maximum absolute atomic E-state index is 10.9. The molecule has 0 bridgehead atoms. The van der Waals surface area contributed by atoms with Crippen molar-refractivity contribution in [2.45, 2.75) is 52.9 Å². The van der Waals surface area contributed by atoms with Crippen LogP contribution in [0.2, 0.25) is 0 Å². The van der Waals surface area contributed by atoms with E-state index >= 15 is 0 Å². The fourth-order valence-corrected chi connectivity index (χ4v) is 3.20. The van der Waals surface area contributed by atoms with E-state index in [2.05, 4.69) is 13.8 Å². The molecule has 0 aromatic heterocycles. The van der Waals surface area contributed by atoms with Crippen LogP contribution >= 0.6 is 0 Å². The summed E-state index contributed by atoms with van der Waals surface area (Å²) in [5.41, 5.74) is 0. The topological polar surface area (TPSA) is 75.7 Å². The van der Waals surface area contributed by atoms with E-state index in [0.29, 0.717) is 6.61 Å². The van der Waals surface area contributed by atoms with Gasteiger partial charge in [0.25, 0.3) is 0 Å². The molecule has 0 N–H and O–H groups in total. The van der Waals surface area contributed by atoms with E-state index in [-0.39, 0.29) is 50.5 Å².